The van der Waals surface area contributed by atoms with Crippen LogP contribution in [-0.4, -0.2) is 169 Å². The second-order valence-corrected chi connectivity index (χ2v) is 9.75. The van der Waals surface area contributed by atoms with Crippen molar-refractivity contribution in [2.75, 3.05) is 117 Å². The lowest BCUT2D eigenvalue weighted by molar-refractivity contribution is -0.644. The number of rotatable bonds is 43. The molecule has 382 valence electrons. The predicted octanol–water partition coefficient (Wildman–Crippen LogP) is 5.24. The third-order valence-electron chi connectivity index (χ3n) is 7.81. The summed E-state index contributed by atoms with van der Waals surface area (Å²) in [6.45, 7) is -48.9. The highest BCUT2D eigenvalue weighted by Crippen LogP contribution is 2.63. The highest BCUT2D eigenvalue weighted by atomic mass is 19.2. The normalized spacial score (nSPS) is 13.8. The minimum atomic E-state index is -6.01. The van der Waals surface area contributed by atoms with Gasteiger partial charge in [-0.1, -0.05) is 6.58 Å². The summed E-state index contributed by atoms with van der Waals surface area (Å²) in [5.41, 5.74) is 0. The quantitative estimate of drug-likeness (QED) is 0.0334. The van der Waals surface area contributed by atoms with Crippen molar-refractivity contribution in [3.8, 4) is 0 Å². The van der Waals surface area contributed by atoms with Crippen molar-refractivity contribution in [2.45, 2.75) is 46.5 Å². The van der Waals surface area contributed by atoms with Gasteiger partial charge in [-0.3, -0.25) is 14.2 Å². The first-order valence-electron chi connectivity index (χ1n) is 16.0. The van der Waals surface area contributed by atoms with Crippen LogP contribution < -0.4 is 0 Å². The monoisotopic (exact) mass is 1000 g/mol. The zero-order valence-electron chi connectivity index (χ0n) is 32.0. The van der Waals surface area contributed by atoms with Gasteiger partial charge in [0.1, 0.15) is 0 Å². The van der Waals surface area contributed by atoms with Crippen molar-refractivity contribution < 1.29 is 165 Å². The van der Waals surface area contributed by atoms with Gasteiger partial charge in [0.2, 0.25) is 0 Å². The van der Waals surface area contributed by atoms with Crippen LogP contribution in [0, 0.1) is 0 Å². The van der Waals surface area contributed by atoms with Crippen LogP contribution in [0.3, 0.4) is 0 Å². The Balaban J connectivity index is 11.0. The molecule has 0 saturated heterocycles. The number of ether oxygens (including phenoxy) is 18. The maximum atomic E-state index is 15.2. The summed E-state index contributed by atoms with van der Waals surface area (Å²) >= 11 is 0. The maximum absolute atomic E-state index is 15.2. The third kappa shape index (κ3) is 10.7. The van der Waals surface area contributed by atoms with E-state index in [4.69, 9.17) is 0 Å². The Labute approximate surface area is 347 Å². The van der Waals surface area contributed by atoms with E-state index in [1.165, 1.54) is 0 Å². The summed E-state index contributed by atoms with van der Waals surface area (Å²) in [5.74, 6) is -48.1. The van der Waals surface area contributed by atoms with E-state index in [0.717, 1.165) is 0 Å². The number of carbonyl (C=O) groups excluding carboxylic acids is 1. The van der Waals surface area contributed by atoms with E-state index in [1.807, 2.05) is 0 Å². The molecule has 36 heteroatoms. The molecule has 0 aliphatic rings. The van der Waals surface area contributed by atoms with Gasteiger partial charge in [0.05, 0.1) is 6.26 Å². The van der Waals surface area contributed by atoms with E-state index in [2.05, 4.69) is 91.8 Å². The molecule has 0 atom stereocenters. The van der Waals surface area contributed by atoms with Gasteiger partial charge in [-0.25, -0.2) is 79.4 Å². The van der Waals surface area contributed by atoms with Crippen LogP contribution in [0.4, 0.5) is 74.6 Å². The molecule has 0 unspecified atom stereocenters. The van der Waals surface area contributed by atoms with Crippen molar-refractivity contribution >= 4 is 5.97 Å². The van der Waals surface area contributed by atoms with Gasteiger partial charge in [-0.05, 0) is 0 Å². The molecule has 0 fully saturated rings. The lowest BCUT2D eigenvalue weighted by atomic mass is 9.76. The Hall–Kier alpha value is -2.66. The average Bonchev–Trinajstić information content (AvgIpc) is 3.25. The van der Waals surface area contributed by atoms with Crippen molar-refractivity contribution in [3.63, 3.8) is 0 Å². The zero-order chi connectivity index (χ0) is 49.0. The van der Waals surface area contributed by atoms with Gasteiger partial charge in [0.25, 0.3) is 23.1 Å². The average molecular weight is 1000 g/mol. The first-order chi connectivity index (χ1) is 30.8. The first-order valence-corrected chi connectivity index (χ1v) is 16.0. The molecule has 0 aromatic heterocycles. The van der Waals surface area contributed by atoms with Crippen LogP contribution >= 0.6 is 0 Å². The van der Waals surface area contributed by atoms with E-state index < -0.39 is 169 Å². The molecule has 0 aliphatic heterocycles. The van der Waals surface area contributed by atoms with Crippen LogP contribution in [0.2, 0.25) is 0 Å². The Morgan fingerprint density at radius 3 is 0.703 bits per heavy atom. The van der Waals surface area contributed by atoms with E-state index in [9.17, 15) is 44.3 Å². The number of hydrogen-bond acceptors (Lipinski definition) is 19. The number of carbonyl (C=O) groups is 1. The summed E-state index contributed by atoms with van der Waals surface area (Å²) in [6.07, 6.45) is -0.123. The number of alkyl halides is 17. The summed E-state index contributed by atoms with van der Waals surface area (Å²) in [7, 11) is 0. The fourth-order valence-corrected chi connectivity index (χ4v) is 6.14. The molecule has 64 heavy (non-hydrogen) atoms. The lowest BCUT2D eigenvalue weighted by Crippen LogP contribution is -2.93. The molecule has 0 aromatic rings. The van der Waals surface area contributed by atoms with Crippen molar-refractivity contribution in [2.24, 2.45) is 0 Å². The standard InChI is InChI=1S/C28H37F17O19/c1-2-47-20(46)21(48-3-29,49-4-30)22(50-5-31,51-6-32)23(52-7-33,53-8-34)24(54-9-35,55-10-36)25(56-11-37,57-12-38)26(58-13-39,59-14-40)27(60-15-41,61-16-42)28(62-17-43,63-18-44)64-19-45/h2H,1,3-19H2. The fourth-order valence-electron chi connectivity index (χ4n) is 6.14. The first kappa shape index (κ1) is 61.3. The van der Waals surface area contributed by atoms with Gasteiger partial charge >= 0.3 is 29.3 Å². The van der Waals surface area contributed by atoms with E-state index in [-0.39, 0.29) is 6.26 Å². The van der Waals surface area contributed by atoms with E-state index >= 15 is 35.1 Å². The third-order valence-corrected chi connectivity index (χ3v) is 7.81. The fraction of sp³-hybridized carbons (Fsp3) is 0.893. The summed E-state index contributed by atoms with van der Waals surface area (Å²) in [4.78, 5) is 13.7. The van der Waals surface area contributed by atoms with Gasteiger partial charge < -0.3 is 71.1 Å². The molecule has 0 rings (SSSR count). The predicted molar refractivity (Wildman–Crippen MR) is 158 cm³/mol. The molecule has 0 amide bonds. The second-order valence-electron chi connectivity index (χ2n) is 9.75. The van der Waals surface area contributed by atoms with Crippen LogP contribution in [0.1, 0.15) is 0 Å². The molecule has 0 bridgehead atoms. The zero-order valence-corrected chi connectivity index (χ0v) is 32.0. The minimum absolute atomic E-state index is 0.123. The summed E-state index contributed by atoms with van der Waals surface area (Å²) in [5, 5.41) is 0. The van der Waals surface area contributed by atoms with Crippen molar-refractivity contribution in [1.82, 2.24) is 0 Å². The Morgan fingerprint density at radius 2 is 0.484 bits per heavy atom. The smallest absolute Gasteiger partial charge is 0.378 e. The Bertz CT molecular complexity index is 1220. The topological polar surface area (TPSA) is 183 Å². The van der Waals surface area contributed by atoms with Gasteiger partial charge in [0, 0.05) is 0 Å². The molecule has 0 N–H and O–H groups in total. The lowest BCUT2D eigenvalue weighted by Gasteiger charge is -2.65. The molecule has 19 nitrogen and oxygen atoms in total. The summed E-state index contributed by atoms with van der Waals surface area (Å²) < 4.78 is 332. The largest absolute Gasteiger partial charge is 0.431 e. The molecule has 0 spiro atoms. The molecular weight excluding hydrogens is 963 g/mol. The number of hydrogen-bond donors (Lipinski definition) is 0. The number of halogens is 17. The molecule has 0 saturated carbocycles. The van der Waals surface area contributed by atoms with Gasteiger partial charge in [-0.15, -0.1) is 0 Å². The molecular formula is C28H37F17O19. The number of esters is 1. The molecule has 0 radical (unpaired) electrons. The summed E-state index contributed by atoms with van der Waals surface area (Å²) in [6, 6.07) is 0. The minimum Gasteiger partial charge on any atom is -0.431 e. The highest BCUT2D eigenvalue weighted by Gasteiger charge is 2.95. The van der Waals surface area contributed by atoms with Crippen LogP contribution in [0.5, 0.6) is 0 Å². The molecule has 0 heterocycles. The Kier molecular flexibility index (Phi) is 28.6. The van der Waals surface area contributed by atoms with Crippen LogP contribution in [0.15, 0.2) is 12.8 Å². The van der Waals surface area contributed by atoms with Crippen LogP contribution in [-0.2, 0) is 90.1 Å². The van der Waals surface area contributed by atoms with Crippen molar-refractivity contribution in [1.29, 1.82) is 0 Å². The van der Waals surface area contributed by atoms with Gasteiger partial charge in [-0.2, -0.15) is 0 Å². The molecule has 0 aromatic carbocycles. The second kappa shape index (κ2) is 29.9. The Morgan fingerprint density at radius 1 is 0.297 bits per heavy atom. The van der Waals surface area contributed by atoms with E-state index in [0.29, 0.717) is 0 Å². The maximum Gasteiger partial charge on any atom is 0.378 e. The highest BCUT2D eigenvalue weighted by molar-refractivity contribution is 5.80. The van der Waals surface area contributed by atoms with Crippen LogP contribution in [0.25, 0.3) is 0 Å². The molecule has 0 aliphatic carbocycles. The van der Waals surface area contributed by atoms with Crippen molar-refractivity contribution in [3.05, 3.63) is 12.8 Å². The van der Waals surface area contributed by atoms with E-state index in [1.54, 1.807) is 0 Å². The SMILES string of the molecule is C=COC(=O)C(OCF)(OCF)C(OCF)(OCF)C(OCF)(OCF)C(OCF)(OCF)C(OCF)(OCF)C(OCF)(OCF)C(OCF)(OCF)C(OCF)(OCF)OCF. The van der Waals surface area contributed by atoms with Gasteiger partial charge in [0.15, 0.2) is 117 Å².